The van der Waals surface area contributed by atoms with E-state index in [0.29, 0.717) is 17.3 Å². The van der Waals surface area contributed by atoms with E-state index in [1.165, 1.54) is 12.5 Å². The maximum absolute atomic E-state index is 12.2. The summed E-state index contributed by atoms with van der Waals surface area (Å²) >= 11 is 0. The first kappa shape index (κ1) is 15.9. The van der Waals surface area contributed by atoms with Gasteiger partial charge in [-0.15, -0.1) is 0 Å². The highest BCUT2D eigenvalue weighted by Crippen LogP contribution is 2.18. The highest BCUT2D eigenvalue weighted by atomic mass is 32.2. The van der Waals surface area contributed by atoms with Crippen molar-refractivity contribution in [2.75, 3.05) is 18.8 Å². The molecular weight excluding hydrogens is 318 g/mol. The van der Waals surface area contributed by atoms with Crippen LogP contribution in [0.15, 0.2) is 27.5 Å². The minimum absolute atomic E-state index is 0.00218. The Morgan fingerprint density at radius 2 is 2.22 bits per heavy atom. The number of carbonyl (C=O) groups is 1. The van der Waals surface area contributed by atoms with Gasteiger partial charge in [0.05, 0.1) is 11.8 Å². The Labute approximate surface area is 136 Å². The molecule has 1 fully saturated rings. The molecular formula is C15H19N3O4S. The van der Waals surface area contributed by atoms with Gasteiger partial charge in [0.2, 0.25) is 17.6 Å². The molecule has 124 valence electrons. The van der Waals surface area contributed by atoms with Gasteiger partial charge in [-0.25, -0.2) is 0 Å². The summed E-state index contributed by atoms with van der Waals surface area (Å²) in [5, 5.41) is 3.81. The van der Waals surface area contributed by atoms with Gasteiger partial charge in [0.1, 0.15) is 17.8 Å². The summed E-state index contributed by atoms with van der Waals surface area (Å²) in [6, 6.07) is 1.71. The maximum Gasteiger partial charge on any atom is 0.239 e. The van der Waals surface area contributed by atoms with Crippen molar-refractivity contribution < 1.29 is 17.9 Å². The van der Waals surface area contributed by atoms with Gasteiger partial charge in [0.25, 0.3) is 0 Å². The molecule has 0 spiro atoms. The molecule has 23 heavy (non-hydrogen) atoms. The highest BCUT2D eigenvalue weighted by Gasteiger charge is 2.22. The molecule has 0 saturated carbocycles. The normalized spacial score (nSPS) is 17.3. The Morgan fingerprint density at radius 3 is 2.91 bits per heavy atom. The number of carbonyl (C=O) groups excluding carboxylic acids is 1. The first-order valence-corrected chi connectivity index (χ1v) is 9.08. The van der Waals surface area contributed by atoms with Crippen molar-refractivity contribution in [3.8, 4) is 11.4 Å². The molecule has 3 rings (SSSR count). The van der Waals surface area contributed by atoms with Gasteiger partial charge in [-0.1, -0.05) is 12.1 Å². The monoisotopic (exact) mass is 337 g/mol. The van der Waals surface area contributed by atoms with Crippen LogP contribution >= 0.6 is 0 Å². The van der Waals surface area contributed by atoms with Crippen LogP contribution in [-0.2, 0) is 21.3 Å². The summed E-state index contributed by atoms with van der Waals surface area (Å²) in [7, 11) is -1.36. The van der Waals surface area contributed by atoms with Crippen LogP contribution in [0.2, 0.25) is 0 Å². The second kappa shape index (κ2) is 7.08. The molecule has 0 unspecified atom stereocenters. The minimum Gasteiger partial charge on any atom is -0.472 e. The number of nitrogens with zero attached hydrogens (tertiary/aromatic N) is 3. The van der Waals surface area contributed by atoms with Crippen molar-refractivity contribution in [1.82, 2.24) is 15.0 Å². The SMILES string of the molecule is CC1CCN(C(=O)C[S@](=O)Cc2nc(-c3ccoc3)no2)CC1. The lowest BCUT2D eigenvalue weighted by Crippen LogP contribution is -2.40. The summed E-state index contributed by atoms with van der Waals surface area (Å²) in [5.41, 5.74) is 0.698. The van der Waals surface area contributed by atoms with Gasteiger partial charge < -0.3 is 13.8 Å². The molecule has 0 aliphatic carbocycles. The van der Waals surface area contributed by atoms with Gasteiger partial charge >= 0.3 is 0 Å². The number of hydrogen-bond donors (Lipinski definition) is 0. The summed E-state index contributed by atoms with van der Waals surface area (Å²) in [4.78, 5) is 18.1. The topological polar surface area (TPSA) is 89.4 Å². The van der Waals surface area contributed by atoms with Gasteiger partial charge in [-0.2, -0.15) is 4.98 Å². The minimum atomic E-state index is -1.36. The molecule has 0 radical (unpaired) electrons. The zero-order valence-electron chi connectivity index (χ0n) is 12.9. The smallest absolute Gasteiger partial charge is 0.239 e. The largest absolute Gasteiger partial charge is 0.472 e. The van der Waals surface area contributed by atoms with Crippen molar-refractivity contribution in [3.05, 3.63) is 24.5 Å². The molecule has 3 heterocycles. The predicted octanol–water partition coefficient (Wildman–Crippen LogP) is 1.84. The Balaban J connectivity index is 1.52. The molecule has 0 bridgehead atoms. The van der Waals surface area contributed by atoms with Gasteiger partial charge in [0, 0.05) is 23.9 Å². The van der Waals surface area contributed by atoms with Crippen LogP contribution in [-0.4, -0.2) is 44.0 Å². The third kappa shape index (κ3) is 4.07. The fourth-order valence-corrected chi connectivity index (χ4v) is 3.45. The Kier molecular flexibility index (Phi) is 4.90. The Hall–Kier alpha value is -1.96. The average Bonchev–Trinajstić information content (AvgIpc) is 3.18. The molecule has 1 amide bonds. The second-order valence-corrected chi connectivity index (χ2v) is 7.27. The molecule has 8 heteroatoms. The first-order chi connectivity index (χ1) is 11.1. The molecule has 2 aromatic heterocycles. The van der Waals surface area contributed by atoms with E-state index in [-0.39, 0.29) is 23.3 Å². The highest BCUT2D eigenvalue weighted by molar-refractivity contribution is 7.84. The summed E-state index contributed by atoms with van der Waals surface area (Å²) in [5.74, 6) is 1.33. The van der Waals surface area contributed by atoms with Crippen molar-refractivity contribution in [1.29, 1.82) is 0 Å². The number of likely N-dealkylation sites (tertiary alicyclic amines) is 1. The quantitative estimate of drug-likeness (QED) is 0.827. The summed E-state index contributed by atoms with van der Waals surface area (Å²) < 4.78 is 22.2. The van der Waals surface area contributed by atoms with E-state index in [2.05, 4.69) is 17.1 Å². The van der Waals surface area contributed by atoms with Crippen LogP contribution in [0.4, 0.5) is 0 Å². The number of rotatable bonds is 5. The molecule has 1 atom stereocenters. The Morgan fingerprint density at radius 1 is 1.43 bits per heavy atom. The molecule has 2 aromatic rings. The molecule has 0 aromatic carbocycles. The molecule has 1 aliphatic rings. The van der Waals surface area contributed by atoms with Crippen LogP contribution in [0, 0.1) is 5.92 Å². The lowest BCUT2D eigenvalue weighted by atomic mass is 9.99. The summed E-state index contributed by atoms with van der Waals surface area (Å²) in [6.07, 6.45) is 5.04. The van der Waals surface area contributed by atoms with Crippen LogP contribution < -0.4 is 0 Å². The summed E-state index contributed by atoms with van der Waals surface area (Å²) in [6.45, 7) is 3.69. The van der Waals surface area contributed by atoms with E-state index in [9.17, 15) is 9.00 Å². The standard InChI is InChI=1S/C15H19N3O4S/c1-11-2-5-18(6-3-11)14(19)10-23(20)9-13-16-15(17-22-13)12-4-7-21-8-12/h4,7-8,11H,2-3,5-6,9-10H2,1H3/t23-/m1/s1. The van der Waals surface area contributed by atoms with Gasteiger partial charge in [0.15, 0.2) is 0 Å². The van der Waals surface area contributed by atoms with Crippen molar-refractivity contribution in [3.63, 3.8) is 0 Å². The van der Waals surface area contributed by atoms with E-state index >= 15 is 0 Å². The Bertz CT molecular complexity index is 675. The zero-order chi connectivity index (χ0) is 16.2. The first-order valence-electron chi connectivity index (χ1n) is 7.59. The lowest BCUT2D eigenvalue weighted by Gasteiger charge is -2.30. The maximum atomic E-state index is 12.2. The fraction of sp³-hybridized carbons (Fsp3) is 0.533. The van der Waals surface area contributed by atoms with E-state index in [4.69, 9.17) is 8.94 Å². The van der Waals surface area contributed by atoms with Crippen LogP contribution in [0.25, 0.3) is 11.4 Å². The van der Waals surface area contributed by atoms with E-state index in [0.717, 1.165) is 25.9 Å². The zero-order valence-corrected chi connectivity index (χ0v) is 13.8. The third-order valence-corrected chi connectivity index (χ3v) is 5.09. The van der Waals surface area contributed by atoms with Gasteiger partial charge in [-0.3, -0.25) is 9.00 Å². The fourth-order valence-electron chi connectivity index (χ4n) is 2.50. The number of piperidine rings is 1. The van der Waals surface area contributed by atoms with Crippen molar-refractivity contribution in [2.45, 2.75) is 25.5 Å². The number of hydrogen-bond acceptors (Lipinski definition) is 6. The third-order valence-electron chi connectivity index (χ3n) is 3.95. The molecule has 7 nitrogen and oxygen atoms in total. The molecule has 1 saturated heterocycles. The van der Waals surface area contributed by atoms with Crippen LogP contribution in [0.5, 0.6) is 0 Å². The van der Waals surface area contributed by atoms with Gasteiger partial charge in [-0.05, 0) is 24.8 Å². The van der Waals surface area contributed by atoms with Crippen LogP contribution in [0.1, 0.15) is 25.7 Å². The number of amides is 1. The van der Waals surface area contributed by atoms with E-state index < -0.39 is 10.8 Å². The molecule has 1 aliphatic heterocycles. The van der Waals surface area contributed by atoms with Crippen molar-refractivity contribution >= 4 is 16.7 Å². The lowest BCUT2D eigenvalue weighted by molar-refractivity contribution is -0.129. The van der Waals surface area contributed by atoms with Crippen molar-refractivity contribution in [2.24, 2.45) is 5.92 Å². The van der Waals surface area contributed by atoms with Crippen LogP contribution in [0.3, 0.4) is 0 Å². The average molecular weight is 337 g/mol. The number of furan rings is 1. The van der Waals surface area contributed by atoms with E-state index in [1.807, 2.05) is 0 Å². The van der Waals surface area contributed by atoms with E-state index in [1.54, 1.807) is 11.0 Å². The predicted molar refractivity (Wildman–Crippen MR) is 83.7 cm³/mol. The molecule has 0 N–H and O–H groups in total. The number of aromatic nitrogens is 2. The second-order valence-electron chi connectivity index (χ2n) is 5.82.